The molecule has 1 amide bonds. The van der Waals surface area contributed by atoms with Crippen LogP contribution >= 0.6 is 0 Å². The lowest BCUT2D eigenvalue weighted by Gasteiger charge is -2.44. The predicted octanol–water partition coefficient (Wildman–Crippen LogP) is 0.239. The fourth-order valence-electron chi connectivity index (χ4n) is 2.41. The van der Waals surface area contributed by atoms with Crippen LogP contribution in [0.15, 0.2) is 0 Å². The molecule has 0 aromatic heterocycles. The average molecular weight is 123 g/mol. The Bertz CT molecular complexity index is 201. The molecule has 2 atom stereocenters. The molecule has 1 aliphatic carbocycles. The van der Waals surface area contributed by atoms with Gasteiger partial charge in [0.15, 0.2) is 0 Å². The minimum absolute atomic E-state index is 0.234. The van der Waals surface area contributed by atoms with Gasteiger partial charge in [0.2, 0.25) is 5.91 Å². The van der Waals surface area contributed by atoms with Crippen molar-refractivity contribution in [3.8, 4) is 0 Å². The van der Waals surface area contributed by atoms with Crippen LogP contribution < -0.4 is 0 Å². The van der Waals surface area contributed by atoms with Gasteiger partial charge in [0.05, 0.1) is 5.41 Å². The van der Waals surface area contributed by atoms with Gasteiger partial charge in [-0.05, 0) is 18.8 Å². The lowest BCUT2D eigenvalue weighted by Crippen LogP contribution is -2.58. The van der Waals surface area contributed by atoms with E-state index in [2.05, 4.69) is 0 Å². The topological polar surface area (TPSA) is 20.3 Å². The molecule has 0 N–H and O–H groups in total. The molecule has 48 valence electrons. The van der Waals surface area contributed by atoms with Crippen molar-refractivity contribution in [3.63, 3.8) is 0 Å². The van der Waals surface area contributed by atoms with E-state index in [1.165, 1.54) is 12.8 Å². The molecule has 1 saturated carbocycles. The highest BCUT2D eigenvalue weighted by atomic mass is 16.2. The van der Waals surface area contributed by atoms with E-state index < -0.39 is 0 Å². The van der Waals surface area contributed by atoms with E-state index in [9.17, 15) is 4.79 Å². The molecule has 2 heteroatoms. The van der Waals surface area contributed by atoms with Crippen LogP contribution in [-0.2, 0) is 4.79 Å². The van der Waals surface area contributed by atoms with Gasteiger partial charge in [0.25, 0.3) is 0 Å². The number of piperidine rings is 2. The minimum Gasteiger partial charge on any atom is -0.341 e. The Morgan fingerprint density at radius 1 is 1.67 bits per heavy atom. The molecule has 2 bridgehead atoms. The molecule has 9 heavy (non-hydrogen) atoms. The zero-order valence-corrected chi connectivity index (χ0v) is 5.26. The summed E-state index contributed by atoms with van der Waals surface area (Å²) in [6.07, 6.45) is 2.49. The van der Waals surface area contributed by atoms with E-state index in [4.69, 9.17) is 0 Å². The first-order chi connectivity index (χ1) is 4.33. The lowest BCUT2D eigenvalue weighted by molar-refractivity contribution is -0.155. The zero-order chi connectivity index (χ0) is 6.06. The van der Waals surface area contributed by atoms with E-state index in [0.29, 0.717) is 5.91 Å². The highest BCUT2D eigenvalue weighted by Gasteiger charge is 2.70. The van der Waals surface area contributed by atoms with E-state index in [0.717, 1.165) is 19.0 Å². The number of hydrogen-bond donors (Lipinski definition) is 0. The summed E-state index contributed by atoms with van der Waals surface area (Å²) in [5, 5.41) is 0. The fourth-order valence-corrected chi connectivity index (χ4v) is 2.41. The monoisotopic (exact) mass is 123 g/mol. The van der Waals surface area contributed by atoms with Crippen LogP contribution in [-0.4, -0.2) is 23.9 Å². The minimum atomic E-state index is 0.234. The lowest BCUT2D eigenvalue weighted by atomic mass is 9.87. The molecular formula is C7H9NO. The number of amides is 1. The van der Waals surface area contributed by atoms with Crippen LogP contribution in [0.2, 0.25) is 0 Å². The summed E-state index contributed by atoms with van der Waals surface area (Å²) in [5.74, 6) is 1.26. The molecular weight excluding hydrogens is 114 g/mol. The first-order valence-electron chi connectivity index (χ1n) is 3.62. The number of hydrogen-bond acceptors (Lipinski definition) is 1. The third kappa shape index (κ3) is 0.276. The maximum absolute atomic E-state index is 11.1. The van der Waals surface area contributed by atoms with Gasteiger partial charge < -0.3 is 4.90 Å². The Morgan fingerprint density at radius 2 is 2.56 bits per heavy atom. The van der Waals surface area contributed by atoms with Crippen LogP contribution in [0.3, 0.4) is 0 Å². The molecule has 1 spiro atoms. The zero-order valence-electron chi connectivity index (χ0n) is 5.26. The summed E-state index contributed by atoms with van der Waals surface area (Å²) in [5.41, 5.74) is 0.234. The molecule has 4 aliphatic rings. The van der Waals surface area contributed by atoms with E-state index >= 15 is 0 Å². The fraction of sp³-hybridized carbons (Fsp3) is 0.857. The molecule has 2 nitrogen and oxygen atoms in total. The third-order valence-electron chi connectivity index (χ3n) is 3.17. The molecule has 3 saturated heterocycles. The Morgan fingerprint density at radius 3 is 3.11 bits per heavy atom. The van der Waals surface area contributed by atoms with Crippen LogP contribution in [0.25, 0.3) is 0 Å². The molecule has 2 unspecified atom stereocenters. The number of β-lactam (4-membered cyclic amide) rings is 1. The van der Waals surface area contributed by atoms with Crippen LogP contribution in [0, 0.1) is 11.3 Å². The van der Waals surface area contributed by atoms with E-state index in [-0.39, 0.29) is 5.41 Å². The molecule has 4 fully saturated rings. The summed E-state index contributed by atoms with van der Waals surface area (Å²) in [6, 6.07) is 0. The second-order valence-corrected chi connectivity index (χ2v) is 3.57. The van der Waals surface area contributed by atoms with Crippen molar-refractivity contribution < 1.29 is 4.79 Å². The molecule has 3 heterocycles. The van der Waals surface area contributed by atoms with Gasteiger partial charge in [-0.2, -0.15) is 0 Å². The van der Waals surface area contributed by atoms with E-state index in [1.54, 1.807) is 0 Å². The van der Waals surface area contributed by atoms with Crippen LogP contribution in [0.1, 0.15) is 12.8 Å². The smallest absolute Gasteiger partial charge is 0.230 e. The van der Waals surface area contributed by atoms with Crippen molar-refractivity contribution in [2.45, 2.75) is 12.8 Å². The molecule has 3 aliphatic heterocycles. The second-order valence-electron chi connectivity index (χ2n) is 3.57. The number of rotatable bonds is 0. The number of fused-ring (bicyclic) bond motifs is 1. The standard InChI is InChI=1S/C7H9NO/c9-6-7-3-5(7)1-2-8(6)4-7/h5H,1-4H2. The Kier molecular flexibility index (Phi) is 0.439. The van der Waals surface area contributed by atoms with Gasteiger partial charge in [-0.25, -0.2) is 0 Å². The molecule has 0 aromatic carbocycles. The number of nitrogens with zero attached hydrogens (tertiary/aromatic N) is 1. The molecule has 4 rings (SSSR count). The van der Waals surface area contributed by atoms with Crippen LogP contribution in [0.4, 0.5) is 0 Å². The summed E-state index contributed by atoms with van der Waals surface area (Å²) in [7, 11) is 0. The van der Waals surface area contributed by atoms with Gasteiger partial charge in [-0.1, -0.05) is 0 Å². The Balaban J connectivity index is 2.06. The quantitative estimate of drug-likeness (QED) is 0.422. The average Bonchev–Trinajstić information content (AvgIpc) is 2.61. The van der Waals surface area contributed by atoms with Crippen LogP contribution in [0.5, 0.6) is 0 Å². The summed E-state index contributed by atoms with van der Waals surface area (Å²) < 4.78 is 0. The largest absolute Gasteiger partial charge is 0.341 e. The Labute approximate surface area is 53.8 Å². The van der Waals surface area contributed by atoms with E-state index in [1.807, 2.05) is 4.90 Å². The first kappa shape index (κ1) is 4.31. The normalized spacial score (nSPS) is 52.2. The maximum atomic E-state index is 11.1. The van der Waals surface area contributed by atoms with Gasteiger partial charge >= 0.3 is 0 Å². The van der Waals surface area contributed by atoms with Crippen molar-refractivity contribution in [1.29, 1.82) is 0 Å². The number of carbonyl (C=O) groups excluding carboxylic acids is 1. The second kappa shape index (κ2) is 0.917. The van der Waals surface area contributed by atoms with Crippen molar-refractivity contribution in [3.05, 3.63) is 0 Å². The highest BCUT2D eigenvalue weighted by molar-refractivity contribution is 5.93. The molecule has 0 radical (unpaired) electrons. The summed E-state index contributed by atoms with van der Waals surface area (Å²) in [6.45, 7) is 2.14. The van der Waals surface area contributed by atoms with Gasteiger partial charge in [-0.3, -0.25) is 4.79 Å². The maximum Gasteiger partial charge on any atom is 0.230 e. The highest BCUT2D eigenvalue weighted by Crippen LogP contribution is 2.64. The van der Waals surface area contributed by atoms with Crippen molar-refractivity contribution >= 4 is 5.91 Å². The van der Waals surface area contributed by atoms with Crippen molar-refractivity contribution in [1.82, 2.24) is 4.90 Å². The SMILES string of the molecule is O=C1N2CCC3CC13C2. The predicted molar refractivity (Wildman–Crippen MR) is 31.7 cm³/mol. The van der Waals surface area contributed by atoms with Gasteiger partial charge in [0.1, 0.15) is 0 Å². The van der Waals surface area contributed by atoms with Crippen molar-refractivity contribution in [2.24, 2.45) is 11.3 Å². The third-order valence-corrected chi connectivity index (χ3v) is 3.17. The van der Waals surface area contributed by atoms with Gasteiger partial charge in [-0.15, -0.1) is 0 Å². The summed E-state index contributed by atoms with van der Waals surface area (Å²) in [4.78, 5) is 13.1. The molecule has 0 aromatic rings. The van der Waals surface area contributed by atoms with Gasteiger partial charge in [0, 0.05) is 13.1 Å². The summed E-state index contributed by atoms with van der Waals surface area (Å²) >= 11 is 0. The first-order valence-corrected chi connectivity index (χ1v) is 3.62. The van der Waals surface area contributed by atoms with Crippen molar-refractivity contribution in [2.75, 3.05) is 13.1 Å². The Hall–Kier alpha value is -0.530. The number of carbonyl (C=O) groups is 1.